The van der Waals surface area contributed by atoms with Crippen molar-refractivity contribution in [3.63, 3.8) is 0 Å². The Morgan fingerprint density at radius 1 is 1.44 bits per heavy atom. The van der Waals surface area contributed by atoms with Crippen LogP contribution >= 0.6 is 0 Å². The van der Waals surface area contributed by atoms with Crippen molar-refractivity contribution < 1.29 is 14.3 Å². The van der Waals surface area contributed by atoms with Gasteiger partial charge in [0.2, 0.25) is 5.91 Å². The standard InChI is InChI=1S/C14H15NO3/c1-18-13(17)14-7-11(14)9-15(12(14)16)8-10-5-3-2-4-6-10/h2-6,11H,7-9H2,1H3. The lowest BCUT2D eigenvalue weighted by atomic mass is 10.1. The second kappa shape index (κ2) is 3.83. The Morgan fingerprint density at radius 3 is 2.83 bits per heavy atom. The van der Waals surface area contributed by atoms with Gasteiger partial charge in [-0.1, -0.05) is 30.3 Å². The Bertz CT molecular complexity index is 499. The Kier molecular flexibility index (Phi) is 2.40. The summed E-state index contributed by atoms with van der Waals surface area (Å²) in [6, 6.07) is 9.83. The van der Waals surface area contributed by atoms with Gasteiger partial charge in [0.1, 0.15) is 0 Å². The molecule has 2 aliphatic rings. The quantitative estimate of drug-likeness (QED) is 0.594. The number of piperidine rings is 1. The number of methoxy groups -OCH3 is 1. The Labute approximate surface area is 106 Å². The highest BCUT2D eigenvalue weighted by Crippen LogP contribution is 2.59. The first-order valence-corrected chi connectivity index (χ1v) is 6.10. The lowest BCUT2D eigenvalue weighted by molar-refractivity contribution is -0.154. The van der Waals surface area contributed by atoms with Crippen molar-refractivity contribution >= 4 is 11.9 Å². The first-order chi connectivity index (χ1) is 8.68. The summed E-state index contributed by atoms with van der Waals surface area (Å²) in [5.41, 5.74) is 0.246. The zero-order valence-corrected chi connectivity index (χ0v) is 10.3. The maximum absolute atomic E-state index is 12.3. The first-order valence-electron chi connectivity index (χ1n) is 6.10. The number of amides is 1. The van der Waals surface area contributed by atoms with Crippen LogP contribution in [0.4, 0.5) is 0 Å². The molecule has 0 spiro atoms. The summed E-state index contributed by atoms with van der Waals surface area (Å²) in [4.78, 5) is 25.8. The molecule has 1 aromatic rings. The van der Waals surface area contributed by atoms with E-state index in [0.717, 1.165) is 5.56 Å². The second-order valence-corrected chi connectivity index (χ2v) is 5.04. The topological polar surface area (TPSA) is 46.6 Å². The molecule has 0 N–H and O–H groups in total. The van der Waals surface area contributed by atoms with Crippen molar-refractivity contribution in [1.82, 2.24) is 4.90 Å². The van der Waals surface area contributed by atoms with Crippen LogP contribution in [0.3, 0.4) is 0 Å². The van der Waals surface area contributed by atoms with Crippen LogP contribution in [0.25, 0.3) is 0 Å². The van der Waals surface area contributed by atoms with Crippen molar-refractivity contribution in [3.05, 3.63) is 35.9 Å². The summed E-state index contributed by atoms with van der Waals surface area (Å²) < 4.78 is 4.76. The van der Waals surface area contributed by atoms with Crippen LogP contribution in [0.2, 0.25) is 0 Å². The van der Waals surface area contributed by atoms with Gasteiger partial charge < -0.3 is 9.64 Å². The molecule has 1 aliphatic carbocycles. The number of hydrogen-bond acceptors (Lipinski definition) is 3. The molecule has 0 bridgehead atoms. The first kappa shape index (κ1) is 11.3. The average Bonchev–Trinajstić information content (AvgIpc) is 3.06. The van der Waals surface area contributed by atoms with E-state index in [4.69, 9.17) is 4.74 Å². The Morgan fingerprint density at radius 2 is 2.17 bits per heavy atom. The normalized spacial score (nSPS) is 29.1. The van der Waals surface area contributed by atoms with Gasteiger partial charge >= 0.3 is 5.97 Å². The van der Waals surface area contributed by atoms with E-state index in [1.165, 1.54) is 7.11 Å². The summed E-state index contributed by atoms with van der Waals surface area (Å²) in [5.74, 6) is -0.280. The molecule has 18 heavy (non-hydrogen) atoms. The van der Waals surface area contributed by atoms with Gasteiger partial charge in [-0.2, -0.15) is 0 Å². The van der Waals surface area contributed by atoms with E-state index in [2.05, 4.69) is 0 Å². The number of hydrogen-bond donors (Lipinski definition) is 0. The van der Waals surface area contributed by atoms with E-state index in [1.807, 2.05) is 30.3 Å². The number of likely N-dealkylation sites (tertiary alicyclic amines) is 1. The van der Waals surface area contributed by atoms with E-state index in [9.17, 15) is 9.59 Å². The van der Waals surface area contributed by atoms with E-state index in [1.54, 1.807) is 4.90 Å². The molecular formula is C14H15NO3. The third kappa shape index (κ3) is 1.45. The second-order valence-electron chi connectivity index (χ2n) is 5.04. The number of ether oxygens (including phenoxy) is 1. The number of rotatable bonds is 3. The van der Waals surface area contributed by atoms with Crippen molar-refractivity contribution in [2.75, 3.05) is 13.7 Å². The molecule has 4 heteroatoms. The average molecular weight is 245 g/mol. The predicted octanol–water partition coefficient (Wildman–Crippen LogP) is 1.21. The van der Waals surface area contributed by atoms with Crippen LogP contribution in [-0.4, -0.2) is 30.4 Å². The molecule has 0 radical (unpaired) electrons. The van der Waals surface area contributed by atoms with Crippen LogP contribution < -0.4 is 0 Å². The molecular weight excluding hydrogens is 230 g/mol. The van der Waals surface area contributed by atoms with Crippen LogP contribution in [0.1, 0.15) is 12.0 Å². The zero-order chi connectivity index (χ0) is 12.8. The highest BCUT2D eigenvalue weighted by Gasteiger charge is 2.72. The van der Waals surface area contributed by atoms with Crippen molar-refractivity contribution in [2.45, 2.75) is 13.0 Å². The molecule has 1 amide bonds. The van der Waals surface area contributed by atoms with Crippen molar-refractivity contribution in [3.8, 4) is 0 Å². The molecule has 1 saturated heterocycles. The SMILES string of the molecule is COC(=O)C12CC1CN(Cc1ccccc1)C2=O. The molecule has 1 aliphatic heterocycles. The summed E-state index contributed by atoms with van der Waals surface area (Å²) in [5, 5.41) is 0. The number of esters is 1. The monoisotopic (exact) mass is 245 g/mol. The third-order valence-corrected chi connectivity index (χ3v) is 3.98. The molecule has 2 unspecified atom stereocenters. The fourth-order valence-electron chi connectivity index (χ4n) is 2.90. The third-order valence-electron chi connectivity index (χ3n) is 3.98. The molecule has 0 aromatic heterocycles. The summed E-state index contributed by atoms with van der Waals surface area (Å²) in [6.07, 6.45) is 0.657. The van der Waals surface area contributed by atoms with Gasteiger partial charge in [0.25, 0.3) is 0 Å². The van der Waals surface area contributed by atoms with Gasteiger partial charge in [0, 0.05) is 19.0 Å². The molecule has 3 rings (SSSR count). The summed E-state index contributed by atoms with van der Waals surface area (Å²) in [6.45, 7) is 1.25. The van der Waals surface area contributed by atoms with Crippen LogP contribution in [0.15, 0.2) is 30.3 Å². The maximum Gasteiger partial charge on any atom is 0.321 e. The molecule has 1 heterocycles. The van der Waals surface area contributed by atoms with Gasteiger partial charge in [-0.15, -0.1) is 0 Å². The smallest absolute Gasteiger partial charge is 0.321 e. The molecule has 94 valence electrons. The number of nitrogens with zero attached hydrogens (tertiary/aromatic N) is 1. The predicted molar refractivity (Wildman–Crippen MR) is 64.4 cm³/mol. The zero-order valence-electron chi connectivity index (χ0n) is 10.3. The summed E-state index contributed by atoms with van der Waals surface area (Å²) in [7, 11) is 1.35. The highest BCUT2D eigenvalue weighted by molar-refractivity contribution is 6.08. The number of fused-ring (bicyclic) bond motifs is 1. The minimum absolute atomic E-state index is 0.0665. The molecule has 1 saturated carbocycles. The largest absolute Gasteiger partial charge is 0.468 e. The van der Waals surface area contributed by atoms with E-state index in [-0.39, 0.29) is 17.8 Å². The fourth-order valence-corrected chi connectivity index (χ4v) is 2.90. The van der Waals surface area contributed by atoms with E-state index in [0.29, 0.717) is 19.5 Å². The van der Waals surface area contributed by atoms with E-state index < -0.39 is 5.41 Å². The van der Waals surface area contributed by atoms with Gasteiger partial charge in [-0.05, 0) is 12.0 Å². The molecule has 2 fully saturated rings. The number of carbonyl (C=O) groups is 2. The van der Waals surface area contributed by atoms with Crippen molar-refractivity contribution in [2.24, 2.45) is 11.3 Å². The van der Waals surface area contributed by atoms with Gasteiger partial charge in [0.15, 0.2) is 5.41 Å². The van der Waals surface area contributed by atoms with Crippen LogP contribution in [-0.2, 0) is 20.9 Å². The minimum Gasteiger partial charge on any atom is -0.468 e. The van der Waals surface area contributed by atoms with Crippen LogP contribution in [0.5, 0.6) is 0 Å². The number of carbonyl (C=O) groups excluding carboxylic acids is 2. The lowest BCUT2D eigenvalue weighted by Gasteiger charge is -2.20. The van der Waals surface area contributed by atoms with Crippen LogP contribution in [0, 0.1) is 11.3 Å². The van der Waals surface area contributed by atoms with Gasteiger partial charge in [-0.3, -0.25) is 9.59 Å². The number of benzene rings is 1. The molecule has 2 atom stereocenters. The lowest BCUT2D eigenvalue weighted by Crippen LogP contribution is -2.35. The van der Waals surface area contributed by atoms with Gasteiger partial charge in [0.05, 0.1) is 7.11 Å². The summed E-state index contributed by atoms with van der Waals surface area (Å²) >= 11 is 0. The van der Waals surface area contributed by atoms with E-state index >= 15 is 0 Å². The maximum atomic E-state index is 12.3. The molecule has 1 aromatic carbocycles. The van der Waals surface area contributed by atoms with Gasteiger partial charge in [-0.25, -0.2) is 0 Å². The molecule has 4 nitrogen and oxygen atoms in total. The Balaban J connectivity index is 1.75. The Hall–Kier alpha value is -1.84. The highest BCUT2D eigenvalue weighted by atomic mass is 16.5. The van der Waals surface area contributed by atoms with Crippen molar-refractivity contribution in [1.29, 1.82) is 0 Å². The minimum atomic E-state index is -0.844. The fraction of sp³-hybridized carbons (Fsp3) is 0.429.